The monoisotopic (exact) mass is 314 g/mol. The Morgan fingerprint density at radius 3 is 2.70 bits per heavy atom. The van der Waals surface area contributed by atoms with Crippen molar-refractivity contribution in [3.8, 4) is 0 Å². The molecule has 118 valence electrons. The van der Waals surface area contributed by atoms with Crippen LogP contribution in [0.2, 0.25) is 0 Å². The normalized spacial score (nSPS) is 33.0. The van der Waals surface area contributed by atoms with Crippen LogP contribution >= 0.6 is 0 Å². The summed E-state index contributed by atoms with van der Waals surface area (Å²) in [7, 11) is 0. The number of fused-ring (bicyclic) bond motifs is 2. The highest BCUT2D eigenvalue weighted by Crippen LogP contribution is 2.46. The molecule has 3 N–H and O–H groups in total. The second-order valence-corrected chi connectivity index (χ2v) is 6.17. The number of amides is 2. The van der Waals surface area contributed by atoms with Crippen molar-refractivity contribution in [2.45, 2.75) is 18.5 Å². The number of imide groups is 1. The standard InChI is InChI=1S/C16H14N2O5/c1-16(15(21)22)11-10(13(19)17-14(11)20)12(18-16)9-6-7-4-2-3-5-8(7)23-9/h2-6,10-12,18H,1H3,(H,21,22)(H,17,19,20). The number of rotatable bonds is 2. The van der Waals surface area contributed by atoms with Crippen molar-refractivity contribution in [2.24, 2.45) is 11.8 Å². The van der Waals surface area contributed by atoms with Gasteiger partial charge in [-0.15, -0.1) is 0 Å². The summed E-state index contributed by atoms with van der Waals surface area (Å²) < 4.78 is 5.77. The van der Waals surface area contributed by atoms with Crippen molar-refractivity contribution in [3.63, 3.8) is 0 Å². The molecule has 0 saturated carbocycles. The summed E-state index contributed by atoms with van der Waals surface area (Å²) >= 11 is 0. The van der Waals surface area contributed by atoms with Crippen LogP contribution in [-0.2, 0) is 14.4 Å². The Hall–Kier alpha value is -2.67. The Balaban J connectivity index is 1.84. The average Bonchev–Trinajstić information content (AvgIpc) is 3.13. The van der Waals surface area contributed by atoms with Crippen molar-refractivity contribution < 1.29 is 23.9 Å². The van der Waals surface area contributed by atoms with E-state index in [1.807, 2.05) is 18.2 Å². The van der Waals surface area contributed by atoms with Crippen molar-refractivity contribution in [1.82, 2.24) is 10.6 Å². The van der Waals surface area contributed by atoms with Crippen LogP contribution in [0, 0.1) is 11.8 Å². The summed E-state index contributed by atoms with van der Waals surface area (Å²) in [6.07, 6.45) is 0. The van der Waals surface area contributed by atoms with Crippen LogP contribution in [0.15, 0.2) is 34.7 Å². The van der Waals surface area contributed by atoms with Crippen LogP contribution in [0.25, 0.3) is 11.0 Å². The number of nitrogens with one attached hydrogen (secondary N) is 2. The van der Waals surface area contributed by atoms with Crippen LogP contribution in [0.5, 0.6) is 0 Å². The maximum Gasteiger partial charge on any atom is 0.324 e. The van der Waals surface area contributed by atoms with Gasteiger partial charge >= 0.3 is 5.97 Å². The number of benzene rings is 1. The maximum atomic E-state index is 12.2. The number of aliphatic carboxylic acids is 1. The molecular formula is C16H14N2O5. The molecule has 23 heavy (non-hydrogen) atoms. The SMILES string of the molecule is CC1(C(=O)O)NC(c2cc3ccccc3o2)C2C(=O)NC(=O)C21. The molecule has 2 saturated heterocycles. The van der Waals surface area contributed by atoms with Gasteiger partial charge in [-0.2, -0.15) is 0 Å². The first kappa shape index (κ1) is 14.0. The van der Waals surface area contributed by atoms with Gasteiger partial charge in [0, 0.05) is 5.39 Å². The molecule has 0 radical (unpaired) electrons. The molecule has 4 atom stereocenters. The lowest BCUT2D eigenvalue weighted by Crippen LogP contribution is -2.52. The predicted octanol–water partition coefficient (Wildman–Crippen LogP) is 0.809. The highest BCUT2D eigenvalue weighted by Gasteiger charge is 2.65. The second-order valence-electron chi connectivity index (χ2n) is 6.17. The van der Waals surface area contributed by atoms with Crippen LogP contribution in [0.4, 0.5) is 0 Å². The van der Waals surface area contributed by atoms with Gasteiger partial charge in [-0.25, -0.2) is 0 Å². The minimum Gasteiger partial charge on any atom is -0.480 e. The first-order valence-corrected chi connectivity index (χ1v) is 7.26. The van der Waals surface area contributed by atoms with Crippen LogP contribution < -0.4 is 10.6 Å². The lowest BCUT2D eigenvalue weighted by atomic mass is 9.81. The molecule has 2 aromatic rings. The lowest BCUT2D eigenvalue weighted by molar-refractivity contribution is -0.148. The van der Waals surface area contributed by atoms with Crippen molar-refractivity contribution >= 4 is 28.8 Å². The van der Waals surface area contributed by atoms with Crippen LogP contribution in [-0.4, -0.2) is 28.4 Å². The third-order valence-corrected chi connectivity index (χ3v) is 4.82. The molecule has 2 amide bonds. The first-order chi connectivity index (χ1) is 10.9. The Kier molecular flexibility index (Phi) is 2.68. The summed E-state index contributed by atoms with van der Waals surface area (Å²) in [6.45, 7) is 1.42. The van der Waals surface area contributed by atoms with Crippen molar-refractivity contribution in [1.29, 1.82) is 0 Å². The van der Waals surface area contributed by atoms with Gasteiger partial charge < -0.3 is 9.52 Å². The topological polar surface area (TPSA) is 109 Å². The fourth-order valence-electron chi connectivity index (χ4n) is 3.66. The Morgan fingerprint density at radius 2 is 2.00 bits per heavy atom. The van der Waals surface area contributed by atoms with E-state index in [0.29, 0.717) is 11.3 Å². The van der Waals surface area contributed by atoms with Crippen LogP contribution in [0.1, 0.15) is 18.7 Å². The minimum absolute atomic E-state index is 0.455. The zero-order valence-electron chi connectivity index (χ0n) is 12.2. The van der Waals surface area contributed by atoms with Gasteiger partial charge in [0.1, 0.15) is 16.9 Å². The molecule has 3 heterocycles. The number of hydrogen-bond acceptors (Lipinski definition) is 5. The van der Waals surface area contributed by atoms with E-state index in [1.54, 1.807) is 12.1 Å². The molecule has 2 aliphatic rings. The third kappa shape index (κ3) is 1.77. The lowest BCUT2D eigenvalue weighted by Gasteiger charge is -2.24. The maximum absolute atomic E-state index is 12.2. The number of hydrogen-bond donors (Lipinski definition) is 3. The molecule has 7 heteroatoms. The van der Waals surface area contributed by atoms with E-state index in [2.05, 4.69) is 10.6 Å². The van der Waals surface area contributed by atoms with E-state index < -0.39 is 41.2 Å². The molecule has 4 unspecified atom stereocenters. The smallest absolute Gasteiger partial charge is 0.324 e. The van der Waals surface area contributed by atoms with E-state index in [4.69, 9.17) is 4.42 Å². The molecule has 1 aromatic heterocycles. The van der Waals surface area contributed by atoms with Gasteiger partial charge in [0.2, 0.25) is 11.8 Å². The van der Waals surface area contributed by atoms with Gasteiger partial charge in [-0.3, -0.25) is 25.0 Å². The van der Waals surface area contributed by atoms with E-state index in [-0.39, 0.29) is 0 Å². The van der Waals surface area contributed by atoms with Gasteiger partial charge in [-0.05, 0) is 19.1 Å². The number of carbonyl (C=O) groups is 3. The van der Waals surface area contributed by atoms with E-state index >= 15 is 0 Å². The van der Waals surface area contributed by atoms with Crippen molar-refractivity contribution in [2.75, 3.05) is 0 Å². The predicted molar refractivity (Wildman–Crippen MR) is 78.3 cm³/mol. The van der Waals surface area contributed by atoms with E-state index in [1.165, 1.54) is 6.92 Å². The summed E-state index contributed by atoms with van der Waals surface area (Å²) in [4.78, 5) is 35.9. The number of furan rings is 1. The number of carboxylic acid groups (broad SMARTS) is 1. The van der Waals surface area contributed by atoms with Gasteiger partial charge in [0.05, 0.1) is 17.9 Å². The molecule has 2 aliphatic heterocycles. The zero-order valence-corrected chi connectivity index (χ0v) is 12.2. The Bertz CT molecular complexity index is 824. The van der Waals surface area contributed by atoms with Crippen LogP contribution in [0.3, 0.4) is 0 Å². The fourth-order valence-corrected chi connectivity index (χ4v) is 3.66. The minimum atomic E-state index is -1.52. The summed E-state index contributed by atoms with van der Waals surface area (Å²) in [5.74, 6) is -3.51. The molecule has 0 bridgehead atoms. The fraction of sp³-hybridized carbons (Fsp3) is 0.312. The summed E-state index contributed by atoms with van der Waals surface area (Å²) in [5, 5.41) is 15.6. The molecular weight excluding hydrogens is 300 g/mol. The highest BCUT2D eigenvalue weighted by molar-refractivity contribution is 6.09. The summed E-state index contributed by atoms with van der Waals surface area (Å²) in [5.41, 5.74) is -0.876. The van der Waals surface area contributed by atoms with Gasteiger partial charge in [0.25, 0.3) is 0 Å². The summed E-state index contributed by atoms with van der Waals surface area (Å²) in [6, 6.07) is 8.45. The van der Waals surface area contributed by atoms with E-state index in [0.717, 1.165) is 5.39 Å². The molecule has 7 nitrogen and oxygen atoms in total. The zero-order chi connectivity index (χ0) is 16.4. The Morgan fingerprint density at radius 1 is 1.26 bits per heavy atom. The molecule has 0 aliphatic carbocycles. The second kappa shape index (κ2) is 4.42. The number of para-hydroxylation sites is 1. The Labute approximate surface area is 130 Å². The quantitative estimate of drug-likeness (QED) is 0.708. The molecule has 4 rings (SSSR count). The number of carboxylic acids is 1. The van der Waals surface area contributed by atoms with Gasteiger partial charge in [0.15, 0.2) is 0 Å². The third-order valence-electron chi connectivity index (χ3n) is 4.82. The molecule has 1 aromatic carbocycles. The van der Waals surface area contributed by atoms with Gasteiger partial charge in [-0.1, -0.05) is 18.2 Å². The molecule has 0 spiro atoms. The molecule has 2 fully saturated rings. The first-order valence-electron chi connectivity index (χ1n) is 7.26. The van der Waals surface area contributed by atoms with E-state index in [9.17, 15) is 19.5 Å². The largest absolute Gasteiger partial charge is 0.480 e. The highest BCUT2D eigenvalue weighted by atomic mass is 16.4. The average molecular weight is 314 g/mol. The van der Waals surface area contributed by atoms with Crippen molar-refractivity contribution in [3.05, 3.63) is 36.1 Å². The number of carbonyl (C=O) groups excluding carboxylic acids is 2.